The quantitative estimate of drug-likeness (QED) is 0.748. The number of nitrogens with one attached hydrogen (secondary N) is 1. The molecule has 1 rings (SSSR count). The van der Waals surface area contributed by atoms with Gasteiger partial charge >= 0.3 is 0 Å². The maximum absolute atomic E-state index is 11.3. The Hall–Kier alpha value is -1.16. The number of allylic oxidation sites excluding steroid dienone is 1. The van der Waals surface area contributed by atoms with Crippen molar-refractivity contribution in [2.45, 2.75) is 20.4 Å². The van der Waals surface area contributed by atoms with Crippen molar-refractivity contribution in [3.63, 3.8) is 0 Å². The molecular formula is C9H12N2OS. The summed E-state index contributed by atoms with van der Waals surface area (Å²) in [7, 11) is 0. The van der Waals surface area contributed by atoms with E-state index in [1.807, 2.05) is 6.92 Å². The summed E-state index contributed by atoms with van der Waals surface area (Å²) < 4.78 is 0. The summed E-state index contributed by atoms with van der Waals surface area (Å²) in [5.41, 5.74) is 2.49. The molecule has 70 valence electrons. The van der Waals surface area contributed by atoms with Crippen molar-refractivity contribution in [1.29, 1.82) is 0 Å². The second-order valence-electron chi connectivity index (χ2n) is 2.62. The van der Waals surface area contributed by atoms with Crippen molar-refractivity contribution in [1.82, 2.24) is 10.3 Å². The number of hydrogen-bond acceptors (Lipinski definition) is 3. The van der Waals surface area contributed by atoms with Gasteiger partial charge in [0.15, 0.2) is 0 Å². The van der Waals surface area contributed by atoms with Crippen LogP contribution in [0.4, 0.5) is 0 Å². The molecule has 0 aliphatic carbocycles. The molecule has 0 fully saturated rings. The fraction of sp³-hybridized carbons (Fsp3) is 0.333. The molecule has 1 N–H and O–H groups in total. The molecule has 3 nitrogen and oxygen atoms in total. The molecule has 0 unspecified atom stereocenters. The molecule has 1 amide bonds. The zero-order valence-electron chi connectivity index (χ0n) is 7.70. The predicted octanol–water partition coefficient (Wildman–Crippen LogP) is 1.73. The number of rotatable bonds is 3. The summed E-state index contributed by atoms with van der Waals surface area (Å²) in [6.45, 7) is 4.21. The maximum Gasteiger partial charge on any atom is 0.246 e. The van der Waals surface area contributed by atoms with E-state index >= 15 is 0 Å². The van der Waals surface area contributed by atoms with Crippen LogP contribution in [0.5, 0.6) is 0 Å². The van der Waals surface area contributed by atoms with Gasteiger partial charge in [-0.1, -0.05) is 6.08 Å². The van der Waals surface area contributed by atoms with E-state index in [2.05, 4.69) is 10.3 Å². The molecule has 0 bridgehead atoms. The Morgan fingerprint density at radius 2 is 2.54 bits per heavy atom. The van der Waals surface area contributed by atoms with E-state index in [1.165, 1.54) is 11.3 Å². The third kappa shape index (κ3) is 2.99. The first-order valence-electron chi connectivity index (χ1n) is 4.02. The van der Waals surface area contributed by atoms with Crippen LogP contribution < -0.4 is 5.32 Å². The van der Waals surface area contributed by atoms with E-state index in [0.29, 0.717) is 6.54 Å². The van der Waals surface area contributed by atoms with Crippen LogP contribution in [0.1, 0.15) is 18.7 Å². The third-order valence-electron chi connectivity index (χ3n) is 1.70. The van der Waals surface area contributed by atoms with Gasteiger partial charge < -0.3 is 5.32 Å². The van der Waals surface area contributed by atoms with Crippen molar-refractivity contribution >= 4 is 17.2 Å². The normalized spacial score (nSPS) is 11.4. The van der Waals surface area contributed by atoms with Gasteiger partial charge in [-0.2, -0.15) is 0 Å². The molecule has 13 heavy (non-hydrogen) atoms. The number of amides is 1. The highest BCUT2D eigenvalue weighted by Crippen LogP contribution is 2.04. The maximum atomic E-state index is 11.3. The summed E-state index contributed by atoms with van der Waals surface area (Å²) in [6.07, 6.45) is 3.55. The largest absolute Gasteiger partial charge is 0.347 e. The molecule has 0 spiro atoms. The first-order chi connectivity index (χ1) is 6.24. The molecule has 0 aromatic carbocycles. The van der Waals surface area contributed by atoms with Crippen LogP contribution >= 0.6 is 11.3 Å². The van der Waals surface area contributed by atoms with Crippen molar-refractivity contribution < 1.29 is 4.79 Å². The average Bonchev–Trinajstić information content (AvgIpc) is 2.65. The van der Waals surface area contributed by atoms with Crippen LogP contribution in [0.3, 0.4) is 0 Å². The standard InChI is InChI=1S/C9H12N2OS/c1-3-7(2)9(12)11-5-8-4-10-6-13-8/h3-4,6H,5H2,1-2H3,(H,11,12)/b7-3-. The molecule has 1 aromatic heterocycles. The van der Waals surface area contributed by atoms with Gasteiger partial charge in [0.05, 0.1) is 12.1 Å². The Bertz CT molecular complexity index is 303. The Morgan fingerprint density at radius 3 is 3.08 bits per heavy atom. The molecule has 1 aromatic rings. The lowest BCUT2D eigenvalue weighted by atomic mass is 10.3. The minimum absolute atomic E-state index is 0.0177. The Kier molecular flexibility index (Phi) is 3.64. The number of hydrogen-bond donors (Lipinski definition) is 1. The second kappa shape index (κ2) is 4.77. The molecule has 4 heteroatoms. The lowest BCUT2D eigenvalue weighted by Gasteiger charge is -2.01. The van der Waals surface area contributed by atoms with E-state index in [4.69, 9.17) is 0 Å². The molecule has 0 saturated heterocycles. The summed E-state index contributed by atoms with van der Waals surface area (Å²) >= 11 is 1.54. The van der Waals surface area contributed by atoms with Crippen molar-refractivity contribution in [2.75, 3.05) is 0 Å². The van der Waals surface area contributed by atoms with Gasteiger partial charge in [0, 0.05) is 16.6 Å². The number of aromatic nitrogens is 1. The van der Waals surface area contributed by atoms with Crippen LogP contribution in [0.25, 0.3) is 0 Å². The van der Waals surface area contributed by atoms with Gasteiger partial charge in [0.1, 0.15) is 0 Å². The smallest absolute Gasteiger partial charge is 0.246 e. The predicted molar refractivity (Wildman–Crippen MR) is 53.4 cm³/mol. The van der Waals surface area contributed by atoms with Crippen molar-refractivity contribution in [3.05, 3.63) is 28.2 Å². The van der Waals surface area contributed by atoms with Crippen LogP contribution in [0.15, 0.2) is 23.4 Å². The second-order valence-corrected chi connectivity index (χ2v) is 3.59. The topological polar surface area (TPSA) is 42.0 Å². The van der Waals surface area contributed by atoms with Gasteiger partial charge in [-0.15, -0.1) is 11.3 Å². The van der Waals surface area contributed by atoms with Crippen LogP contribution in [0.2, 0.25) is 0 Å². The molecule has 0 aliphatic rings. The Balaban J connectivity index is 2.40. The summed E-state index contributed by atoms with van der Waals surface area (Å²) in [5.74, 6) is -0.0177. The minimum atomic E-state index is -0.0177. The molecule has 0 aliphatic heterocycles. The van der Waals surface area contributed by atoms with Gasteiger partial charge in [0.2, 0.25) is 5.91 Å². The Morgan fingerprint density at radius 1 is 1.77 bits per heavy atom. The SMILES string of the molecule is C/C=C(/C)C(=O)NCc1cncs1. The molecule has 1 heterocycles. The zero-order valence-corrected chi connectivity index (χ0v) is 8.52. The molecular weight excluding hydrogens is 184 g/mol. The number of carbonyl (C=O) groups is 1. The lowest BCUT2D eigenvalue weighted by Crippen LogP contribution is -2.22. The monoisotopic (exact) mass is 196 g/mol. The van der Waals surface area contributed by atoms with Gasteiger partial charge in [-0.25, -0.2) is 0 Å². The summed E-state index contributed by atoms with van der Waals surface area (Å²) in [4.78, 5) is 16.3. The number of thiazole rings is 1. The van der Waals surface area contributed by atoms with Gasteiger partial charge in [-0.05, 0) is 13.8 Å². The van der Waals surface area contributed by atoms with E-state index in [-0.39, 0.29) is 5.91 Å². The molecule has 0 atom stereocenters. The van der Waals surface area contributed by atoms with E-state index < -0.39 is 0 Å². The fourth-order valence-electron chi connectivity index (χ4n) is 0.767. The Labute approximate surface area is 81.5 Å². The fourth-order valence-corrected chi connectivity index (χ4v) is 1.30. The van der Waals surface area contributed by atoms with Crippen LogP contribution in [0, 0.1) is 0 Å². The first-order valence-corrected chi connectivity index (χ1v) is 4.90. The minimum Gasteiger partial charge on any atom is -0.347 e. The molecule has 0 radical (unpaired) electrons. The number of nitrogens with zero attached hydrogens (tertiary/aromatic N) is 1. The van der Waals surface area contributed by atoms with Crippen molar-refractivity contribution in [3.8, 4) is 0 Å². The number of carbonyl (C=O) groups excluding carboxylic acids is 1. The summed E-state index contributed by atoms with van der Waals surface area (Å²) in [5, 5.41) is 2.80. The lowest BCUT2D eigenvalue weighted by molar-refractivity contribution is -0.117. The van der Waals surface area contributed by atoms with E-state index in [9.17, 15) is 4.79 Å². The van der Waals surface area contributed by atoms with E-state index in [1.54, 1.807) is 24.7 Å². The van der Waals surface area contributed by atoms with Crippen LogP contribution in [-0.2, 0) is 11.3 Å². The first kappa shape index (κ1) is 9.92. The molecule has 0 saturated carbocycles. The van der Waals surface area contributed by atoms with Gasteiger partial charge in [-0.3, -0.25) is 9.78 Å². The highest BCUT2D eigenvalue weighted by atomic mass is 32.1. The van der Waals surface area contributed by atoms with Crippen LogP contribution in [-0.4, -0.2) is 10.9 Å². The zero-order chi connectivity index (χ0) is 9.68. The average molecular weight is 196 g/mol. The highest BCUT2D eigenvalue weighted by Gasteiger charge is 2.02. The third-order valence-corrected chi connectivity index (χ3v) is 2.48. The highest BCUT2D eigenvalue weighted by molar-refractivity contribution is 7.09. The van der Waals surface area contributed by atoms with Gasteiger partial charge in [0.25, 0.3) is 0 Å². The van der Waals surface area contributed by atoms with E-state index in [0.717, 1.165) is 10.5 Å². The van der Waals surface area contributed by atoms with Crippen molar-refractivity contribution in [2.24, 2.45) is 0 Å². The summed E-state index contributed by atoms with van der Waals surface area (Å²) in [6, 6.07) is 0.